The molecule has 0 unspecified atom stereocenters. The third-order valence-electron chi connectivity index (χ3n) is 4.82. The zero-order valence-electron chi connectivity index (χ0n) is 16.1. The number of hydrogen-bond acceptors (Lipinski definition) is 5. The molecule has 0 aliphatic carbocycles. The van der Waals surface area contributed by atoms with Gasteiger partial charge in [0.1, 0.15) is 5.82 Å². The summed E-state index contributed by atoms with van der Waals surface area (Å²) in [4.78, 5) is 14.6. The van der Waals surface area contributed by atoms with Crippen LogP contribution in [-0.4, -0.2) is 49.4 Å². The number of amides is 1. The maximum Gasteiger partial charge on any atom is 0.230 e. The fraction of sp³-hybridized carbons (Fsp3) is 0.364. The Balaban J connectivity index is 1.50. The molecular weight excluding hydrogens is 389 g/mol. The van der Waals surface area contributed by atoms with Gasteiger partial charge in [0, 0.05) is 25.4 Å². The van der Waals surface area contributed by atoms with Crippen LogP contribution in [0.2, 0.25) is 0 Å². The van der Waals surface area contributed by atoms with E-state index in [4.69, 9.17) is 10.00 Å². The minimum absolute atomic E-state index is 0.00743. The van der Waals surface area contributed by atoms with Gasteiger partial charge in [0.25, 0.3) is 0 Å². The Kier molecular flexibility index (Phi) is 8.05. The number of nitrogens with one attached hydrogen (secondary N) is 1. The molecule has 1 N–H and O–H groups in total. The molecule has 0 spiro atoms. The standard InChI is InChI=1S/C22H24FN3O2S/c23-20-7-5-19(6-8-20)21(26-9-11-28-12-10-26)14-25-22(27)16-29-15-18-3-1-17(13-24)2-4-18/h1-8,21H,9-12,14-16H2,(H,25,27)/t21-/m0/s1. The second-order valence-electron chi connectivity index (χ2n) is 6.82. The average Bonchev–Trinajstić information content (AvgIpc) is 2.76. The first kappa shape index (κ1) is 21.3. The van der Waals surface area contributed by atoms with E-state index < -0.39 is 0 Å². The Labute approximate surface area is 174 Å². The molecule has 7 heteroatoms. The molecule has 1 amide bonds. The van der Waals surface area contributed by atoms with E-state index >= 15 is 0 Å². The maximum absolute atomic E-state index is 13.3. The van der Waals surface area contributed by atoms with Crippen LogP contribution in [-0.2, 0) is 15.3 Å². The summed E-state index contributed by atoms with van der Waals surface area (Å²) in [6, 6.07) is 15.9. The van der Waals surface area contributed by atoms with E-state index in [1.807, 2.05) is 12.1 Å². The number of hydrogen-bond donors (Lipinski definition) is 1. The normalized spacial score (nSPS) is 15.4. The summed E-state index contributed by atoms with van der Waals surface area (Å²) < 4.78 is 18.7. The van der Waals surface area contributed by atoms with E-state index in [9.17, 15) is 9.18 Å². The van der Waals surface area contributed by atoms with Gasteiger partial charge in [0.15, 0.2) is 0 Å². The molecule has 0 radical (unpaired) electrons. The smallest absolute Gasteiger partial charge is 0.230 e. The van der Waals surface area contributed by atoms with Crippen LogP contribution >= 0.6 is 11.8 Å². The highest BCUT2D eigenvalue weighted by Gasteiger charge is 2.23. The SMILES string of the molecule is N#Cc1ccc(CSCC(=O)NC[C@@H](c2ccc(F)cc2)N2CCOCC2)cc1. The van der Waals surface area contributed by atoms with Crippen LogP contribution in [0, 0.1) is 17.1 Å². The topological polar surface area (TPSA) is 65.4 Å². The molecule has 1 atom stereocenters. The number of nitrogens with zero attached hydrogens (tertiary/aromatic N) is 2. The lowest BCUT2D eigenvalue weighted by Crippen LogP contribution is -2.44. The molecular formula is C22H24FN3O2S. The highest BCUT2D eigenvalue weighted by atomic mass is 32.2. The summed E-state index contributed by atoms with van der Waals surface area (Å²) in [5.74, 6) is 0.783. The van der Waals surface area contributed by atoms with Gasteiger partial charge < -0.3 is 10.1 Å². The molecule has 1 aliphatic heterocycles. The Hall–Kier alpha value is -2.40. The summed E-state index contributed by atoms with van der Waals surface area (Å²) in [7, 11) is 0. The Morgan fingerprint density at radius 1 is 1.17 bits per heavy atom. The summed E-state index contributed by atoms with van der Waals surface area (Å²) in [5, 5.41) is 11.9. The molecule has 1 heterocycles. The summed E-state index contributed by atoms with van der Waals surface area (Å²) in [6.07, 6.45) is 0. The lowest BCUT2D eigenvalue weighted by Gasteiger charge is -2.35. The fourth-order valence-corrected chi connectivity index (χ4v) is 4.05. The van der Waals surface area contributed by atoms with Crippen molar-refractivity contribution in [2.24, 2.45) is 0 Å². The highest BCUT2D eigenvalue weighted by Crippen LogP contribution is 2.22. The molecule has 2 aromatic rings. The molecule has 0 aromatic heterocycles. The molecule has 0 bridgehead atoms. The summed E-state index contributed by atoms with van der Waals surface area (Å²) in [6.45, 7) is 3.36. The largest absolute Gasteiger partial charge is 0.379 e. The zero-order valence-corrected chi connectivity index (χ0v) is 17.0. The molecule has 3 rings (SSSR count). The first-order valence-electron chi connectivity index (χ1n) is 9.56. The van der Waals surface area contributed by atoms with Crippen LogP contribution in [0.5, 0.6) is 0 Å². The molecule has 2 aromatic carbocycles. The van der Waals surface area contributed by atoms with Crippen molar-refractivity contribution >= 4 is 17.7 Å². The second kappa shape index (κ2) is 11.0. The molecule has 1 aliphatic rings. The first-order valence-corrected chi connectivity index (χ1v) is 10.7. The molecule has 1 fully saturated rings. The second-order valence-corrected chi connectivity index (χ2v) is 7.81. The molecule has 152 valence electrons. The van der Waals surface area contributed by atoms with Gasteiger partial charge in [0.2, 0.25) is 5.91 Å². The van der Waals surface area contributed by atoms with E-state index in [0.717, 1.165) is 24.2 Å². The van der Waals surface area contributed by atoms with Gasteiger partial charge in [-0.15, -0.1) is 11.8 Å². The quantitative estimate of drug-likeness (QED) is 0.720. The van der Waals surface area contributed by atoms with Crippen molar-refractivity contribution in [2.45, 2.75) is 11.8 Å². The predicted molar refractivity (Wildman–Crippen MR) is 112 cm³/mol. The van der Waals surface area contributed by atoms with E-state index in [1.165, 1.54) is 23.9 Å². The molecule has 0 saturated carbocycles. The zero-order chi connectivity index (χ0) is 20.5. The van der Waals surface area contributed by atoms with Crippen LogP contribution in [0.25, 0.3) is 0 Å². The number of ether oxygens (including phenoxy) is 1. The van der Waals surface area contributed by atoms with Crippen LogP contribution in [0.1, 0.15) is 22.7 Å². The van der Waals surface area contributed by atoms with Gasteiger partial charge in [-0.1, -0.05) is 24.3 Å². The number of rotatable bonds is 8. The van der Waals surface area contributed by atoms with Crippen LogP contribution in [0.15, 0.2) is 48.5 Å². The third kappa shape index (κ3) is 6.57. The van der Waals surface area contributed by atoms with Crippen LogP contribution in [0.4, 0.5) is 4.39 Å². The number of halogens is 1. The number of morpholine rings is 1. The van der Waals surface area contributed by atoms with Crippen LogP contribution < -0.4 is 5.32 Å². The Bertz CT molecular complexity index is 831. The van der Waals surface area contributed by atoms with Gasteiger partial charge in [-0.2, -0.15) is 5.26 Å². The summed E-state index contributed by atoms with van der Waals surface area (Å²) >= 11 is 1.53. The lowest BCUT2D eigenvalue weighted by molar-refractivity contribution is -0.118. The number of benzene rings is 2. The number of carbonyl (C=O) groups is 1. The van der Waals surface area contributed by atoms with Gasteiger partial charge in [-0.05, 0) is 35.4 Å². The van der Waals surface area contributed by atoms with Crippen molar-refractivity contribution in [3.63, 3.8) is 0 Å². The van der Waals surface area contributed by atoms with Crippen molar-refractivity contribution < 1.29 is 13.9 Å². The van der Waals surface area contributed by atoms with Crippen molar-refractivity contribution in [3.05, 3.63) is 71.0 Å². The highest BCUT2D eigenvalue weighted by molar-refractivity contribution is 7.99. The molecule has 5 nitrogen and oxygen atoms in total. The maximum atomic E-state index is 13.3. The van der Waals surface area contributed by atoms with Crippen LogP contribution in [0.3, 0.4) is 0 Å². The minimum Gasteiger partial charge on any atom is -0.379 e. The Morgan fingerprint density at radius 2 is 1.86 bits per heavy atom. The van der Waals surface area contributed by atoms with Crippen molar-refractivity contribution in [1.82, 2.24) is 10.2 Å². The fourth-order valence-electron chi connectivity index (χ4n) is 3.23. The Morgan fingerprint density at radius 3 is 2.52 bits per heavy atom. The van der Waals surface area contributed by atoms with Gasteiger partial charge in [0.05, 0.1) is 36.6 Å². The molecule has 29 heavy (non-hydrogen) atoms. The first-order chi connectivity index (χ1) is 14.2. The van der Waals surface area contributed by atoms with Crippen molar-refractivity contribution in [3.8, 4) is 6.07 Å². The minimum atomic E-state index is -0.266. The van der Waals surface area contributed by atoms with Crippen molar-refractivity contribution in [2.75, 3.05) is 38.6 Å². The number of carbonyl (C=O) groups excluding carboxylic acids is 1. The van der Waals surface area contributed by atoms with Gasteiger partial charge in [-0.3, -0.25) is 9.69 Å². The number of thioether (sulfide) groups is 1. The average molecular weight is 414 g/mol. The van der Waals surface area contributed by atoms with E-state index in [-0.39, 0.29) is 17.8 Å². The van der Waals surface area contributed by atoms with E-state index in [1.54, 1.807) is 24.3 Å². The monoisotopic (exact) mass is 413 g/mol. The summed E-state index contributed by atoms with van der Waals surface area (Å²) in [5.41, 5.74) is 2.70. The lowest BCUT2D eigenvalue weighted by atomic mass is 10.0. The van der Waals surface area contributed by atoms with Crippen molar-refractivity contribution in [1.29, 1.82) is 5.26 Å². The van der Waals surface area contributed by atoms with E-state index in [0.29, 0.717) is 36.8 Å². The number of nitriles is 1. The van der Waals surface area contributed by atoms with E-state index in [2.05, 4.69) is 16.3 Å². The van der Waals surface area contributed by atoms with Gasteiger partial charge >= 0.3 is 0 Å². The predicted octanol–water partition coefficient (Wildman–Crippen LogP) is 3.12. The van der Waals surface area contributed by atoms with Gasteiger partial charge in [-0.25, -0.2) is 4.39 Å². The molecule has 1 saturated heterocycles. The third-order valence-corrected chi connectivity index (χ3v) is 5.82.